The summed E-state index contributed by atoms with van der Waals surface area (Å²) >= 11 is 0. The number of rotatable bonds is 1. The van der Waals surface area contributed by atoms with Gasteiger partial charge >= 0.3 is 6.03 Å². The molecule has 4 rings (SSSR count). The van der Waals surface area contributed by atoms with Crippen LogP contribution in [0.1, 0.15) is 31.2 Å². The minimum Gasteiger partial charge on any atom is -0.493 e. The van der Waals surface area contributed by atoms with Gasteiger partial charge in [-0.3, -0.25) is 0 Å². The number of amides is 2. The number of hydrogen-bond donors (Lipinski definition) is 1. The SMILES string of the molecule is CNC(=O)N1N=C(C2=C(F)CCC(F)=C2)CC12CCOc1ccccc12. The summed E-state index contributed by atoms with van der Waals surface area (Å²) < 4.78 is 33.8. The number of nitrogens with zero attached hydrogens (tertiary/aromatic N) is 2. The van der Waals surface area contributed by atoms with Crippen LogP contribution >= 0.6 is 0 Å². The highest BCUT2D eigenvalue weighted by atomic mass is 19.1. The van der Waals surface area contributed by atoms with E-state index < -0.39 is 11.6 Å². The molecule has 0 radical (unpaired) electrons. The van der Waals surface area contributed by atoms with Crippen LogP contribution in [0.4, 0.5) is 13.6 Å². The van der Waals surface area contributed by atoms with E-state index in [0.717, 1.165) is 5.56 Å². The van der Waals surface area contributed by atoms with E-state index >= 15 is 0 Å². The predicted octanol–water partition coefficient (Wildman–Crippen LogP) is 3.94. The molecule has 0 aromatic heterocycles. The predicted molar refractivity (Wildman–Crippen MR) is 93.1 cm³/mol. The Labute approximate surface area is 150 Å². The number of urea groups is 1. The van der Waals surface area contributed by atoms with Gasteiger partial charge in [0.05, 0.1) is 12.3 Å². The van der Waals surface area contributed by atoms with E-state index in [4.69, 9.17) is 4.74 Å². The second-order valence-corrected chi connectivity index (χ2v) is 6.63. The highest BCUT2D eigenvalue weighted by Gasteiger charge is 2.51. The molecular formula is C19H19F2N3O2. The zero-order chi connectivity index (χ0) is 18.3. The van der Waals surface area contributed by atoms with Gasteiger partial charge in [0, 0.05) is 43.9 Å². The molecule has 26 heavy (non-hydrogen) atoms. The average molecular weight is 359 g/mol. The molecule has 1 unspecified atom stereocenters. The third-order valence-corrected chi connectivity index (χ3v) is 5.14. The molecule has 1 aromatic carbocycles. The van der Waals surface area contributed by atoms with E-state index in [1.165, 1.54) is 18.1 Å². The molecule has 3 aliphatic rings. The number of allylic oxidation sites excluding steroid dienone is 4. The number of hydrogen-bond acceptors (Lipinski definition) is 3. The Morgan fingerprint density at radius 3 is 2.92 bits per heavy atom. The van der Waals surface area contributed by atoms with Crippen molar-refractivity contribution in [3.63, 3.8) is 0 Å². The lowest BCUT2D eigenvalue weighted by Crippen LogP contribution is -2.49. The van der Waals surface area contributed by atoms with Crippen molar-refractivity contribution < 1.29 is 18.3 Å². The number of carbonyl (C=O) groups excluding carboxylic acids is 1. The fourth-order valence-corrected chi connectivity index (χ4v) is 3.85. The fourth-order valence-electron chi connectivity index (χ4n) is 3.85. The monoisotopic (exact) mass is 359 g/mol. The van der Waals surface area contributed by atoms with Crippen LogP contribution in [0.3, 0.4) is 0 Å². The van der Waals surface area contributed by atoms with Crippen LogP contribution in [0.15, 0.2) is 52.7 Å². The van der Waals surface area contributed by atoms with E-state index in [0.29, 0.717) is 30.9 Å². The molecule has 0 fully saturated rings. The summed E-state index contributed by atoms with van der Waals surface area (Å²) in [7, 11) is 1.52. The van der Waals surface area contributed by atoms with Crippen molar-refractivity contribution in [2.24, 2.45) is 5.10 Å². The minimum absolute atomic E-state index is 0.0172. The number of hydrazone groups is 1. The van der Waals surface area contributed by atoms with Crippen molar-refractivity contribution in [2.45, 2.75) is 31.2 Å². The first-order valence-corrected chi connectivity index (χ1v) is 8.62. The topological polar surface area (TPSA) is 53.9 Å². The van der Waals surface area contributed by atoms with E-state index in [1.54, 1.807) is 0 Å². The molecular weight excluding hydrogens is 340 g/mol. The lowest BCUT2D eigenvalue weighted by Gasteiger charge is -2.40. The molecule has 1 N–H and O–H groups in total. The summed E-state index contributed by atoms with van der Waals surface area (Å²) in [5.74, 6) is -0.0766. The van der Waals surface area contributed by atoms with Crippen molar-refractivity contribution in [1.82, 2.24) is 10.3 Å². The molecule has 5 nitrogen and oxygen atoms in total. The van der Waals surface area contributed by atoms with Gasteiger partial charge in [-0.2, -0.15) is 5.10 Å². The van der Waals surface area contributed by atoms with Gasteiger partial charge in [-0.15, -0.1) is 0 Å². The standard InChI is InChI=1S/C19H19F2N3O2/c1-22-18(25)24-19(8-9-26-17-5-3-2-4-14(17)19)11-16(23-24)13-10-12(20)6-7-15(13)21/h2-5,10H,6-9,11H2,1H3,(H,22,25). The van der Waals surface area contributed by atoms with E-state index in [9.17, 15) is 13.6 Å². The molecule has 1 aromatic rings. The lowest BCUT2D eigenvalue weighted by molar-refractivity contribution is 0.0899. The number of ether oxygens (including phenoxy) is 1. The zero-order valence-electron chi connectivity index (χ0n) is 14.4. The highest BCUT2D eigenvalue weighted by Crippen LogP contribution is 2.48. The van der Waals surface area contributed by atoms with E-state index in [1.807, 2.05) is 24.3 Å². The summed E-state index contributed by atoms with van der Waals surface area (Å²) in [6, 6.07) is 7.08. The van der Waals surface area contributed by atoms with Gasteiger partial charge in [0.1, 0.15) is 22.9 Å². The smallest absolute Gasteiger partial charge is 0.338 e. The number of benzene rings is 1. The minimum atomic E-state index is -0.765. The summed E-state index contributed by atoms with van der Waals surface area (Å²) in [5.41, 5.74) is 0.607. The van der Waals surface area contributed by atoms with Gasteiger partial charge in [0.2, 0.25) is 0 Å². The Morgan fingerprint density at radius 1 is 1.31 bits per heavy atom. The molecule has 0 saturated heterocycles. The summed E-state index contributed by atoms with van der Waals surface area (Å²) in [4.78, 5) is 12.5. The number of halogens is 2. The van der Waals surface area contributed by atoms with Gasteiger partial charge in [0.15, 0.2) is 0 Å². The molecule has 2 amide bonds. The number of nitrogens with one attached hydrogen (secondary N) is 1. The second-order valence-electron chi connectivity index (χ2n) is 6.63. The van der Waals surface area contributed by atoms with Crippen LogP contribution in [0.5, 0.6) is 5.75 Å². The van der Waals surface area contributed by atoms with E-state index in [2.05, 4.69) is 10.4 Å². The lowest BCUT2D eigenvalue weighted by atomic mass is 9.79. The fraction of sp³-hybridized carbons (Fsp3) is 0.368. The van der Waals surface area contributed by atoms with Crippen LogP contribution in [0.2, 0.25) is 0 Å². The second kappa shape index (κ2) is 6.23. The Hall–Kier alpha value is -2.70. The van der Waals surface area contributed by atoms with Gasteiger partial charge in [-0.25, -0.2) is 18.6 Å². The Kier molecular flexibility index (Phi) is 4.01. The van der Waals surface area contributed by atoms with Gasteiger partial charge in [-0.05, 0) is 12.1 Å². The van der Waals surface area contributed by atoms with Crippen LogP contribution in [0.25, 0.3) is 0 Å². The van der Waals surface area contributed by atoms with E-state index in [-0.39, 0.29) is 30.1 Å². The van der Waals surface area contributed by atoms with Crippen LogP contribution in [0, 0.1) is 0 Å². The average Bonchev–Trinajstić information content (AvgIpc) is 3.03. The molecule has 0 saturated carbocycles. The molecule has 1 atom stereocenters. The first-order valence-electron chi connectivity index (χ1n) is 8.62. The van der Waals surface area contributed by atoms with Gasteiger partial charge in [0.25, 0.3) is 0 Å². The maximum atomic E-state index is 14.4. The van der Waals surface area contributed by atoms with Crippen molar-refractivity contribution in [3.05, 3.63) is 53.1 Å². The van der Waals surface area contributed by atoms with Crippen molar-refractivity contribution >= 4 is 11.7 Å². The summed E-state index contributed by atoms with van der Waals surface area (Å²) in [6.45, 7) is 0.416. The molecule has 0 bridgehead atoms. The van der Waals surface area contributed by atoms with Gasteiger partial charge in [-0.1, -0.05) is 18.2 Å². The summed E-state index contributed by atoms with van der Waals surface area (Å²) in [5, 5.41) is 8.37. The molecule has 136 valence electrons. The number of fused-ring (bicyclic) bond motifs is 2. The van der Waals surface area contributed by atoms with Crippen LogP contribution in [-0.4, -0.2) is 30.4 Å². The Bertz CT molecular complexity index is 862. The van der Waals surface area contributed by atoms with Crippen molar-refractivity contribution in [3.8, 4) is 5.75 Å². The zero-order valence-corrected chi connectivity index (χ0v) is 14.4. The van der Waals surface area contributed by atoms with Crippen LogP contribution in [-0.2, 0) is 5.54 Å². The molecule has 7 heteroatoms. The largest absolute Gasteiger partial charge is 0.493 e. The first kappa shape index (κ1) is 16.8. The number of carbonyl (C=O) groups is 1. The molecule has 2 heterocycles. The maximum absolute atomic E-state index is 14.4. The number of para-hydroxylation sites is 1. The molecule has 1 spiro atoms. The Balaban J connectivity index is 1.82. The molecule has 1 aliphatic carbocycles. The normalized spacial score (nSPS) is 24.8. The Morgan fingerprint density at radius 2 is 2.12 bits per heavy atom. The van der Waals surface area contributed by atoms with Gasteiger partial charge < -0.3 is 10.1 Å². The van der Waals surface area contributed by atoms with Crippen LogP contribution < -0.4 is 10.1 Å². The van der Waals surface area contributed by atoms with Crippen molar-refractivity contribution in [1.29, 1.82) is 0 Å². The quantitative estimate of drug-likeness (QED) is 0.826. The third-order valence-electron chi connectivity index (χ3n) is 5.14. The van der Waals surface area contributed by atoms with Crippen molar-refractivity contribution in [2.75, 3.05) is 13.7 Å². The molecule has 2 aliphatic heterocycles. The summed E-state index contributed by atoms with van der Waals surface area (Å²) in [6.07, 6.45) is 2.11. The maximum Gasteiger partial charge on any atom is 0.338 e. The first-order chi connectivity index (χ1) is 12.5. The highest BCUT2D eigenvalue weighted by molar-refractivity contribution is 6.06. The third kappa shape index (κ3) is 2.50.